The fraction of sp³-hybridized carbons (Fsp3) is 0.976. The first-order valence-electron chi connectivity index (χ1n) is 20.4. The molecule has 0 saturated carbocycles. The highest BCUT2D eigenvalue weighted by Crippen LogP contribution is 2.57. The Morgan fingerprint density at radius 1 is 0.846 bits per heavy atom. The summed E-state index contributed by atoms with van der Waals surface area (Å²) in [6.45, 7) is 19.0. The third kappa shape index (κ3) is 7.15. The molecule has 19 atom stereocenters. The first-order chi connectivity index (χ1) is 24.4. The maximum Gasteiger partial charge on any atom is 0.308 e. The molecule has 0 amide bonds. The van der Waals surface area contributed by atoms with Crippen LogP contribution in [0.25, 0.3) is 0 Å². The van der Waals surface area contributed by atoms with E-state index in [9.17, 15) is 15.0 Å². The van der Waals surface area contributed by atoms with Crippen molar-refractivity contribution in [2.24, 2.45) is 41.4 Å². The minimum Gasteiger partial charge on any atom is -0.481 e. The third-order valence-electron chi connectivity index (χ3n) is 14.7. The van der Waals surface area contributed by atoms with Crippen LogP contribution in [0, 0.1) is 41.4 Å². The van der Waals surface area contributed by atoms with Crippen molar-refractivity contribution in [3.63, 3.8) is 0 Å². The van der Waals surface area contributed by atoms with Crippen LogP contribution in [0.4, 0.5) is 0 Å². The van der Waals surface area contributed by atoms with Crippen molar-refractivity contribution < 1.29 is 52.9 Å². The molecule has 0 aliphatic carbocycles. The molecule has 0 bridgehead atoms. The summed E-state index contributed by atoms with van der Waals surface area (Å²) >= 11 is 0. The summed E-state index contributed by atoms with van der Waals surface area (Å²) in [7, 11) is 3.39. The monoisotopic (exact) mass is 738 g/mol. The number of aliphatic carboxylic acids is 1. The topological polar surface area (TPSA) is 131 Å². The highest BCUT2D eigenvalue weighted by molar-refractivity contribution is 5.70. The summed E-state index contributed by atoms with van der Waals surface area (Å²) < 4.78 is 53.4. The van der Waals surface area contributed by atoms with Crippen molar-refractivity contribution in [3.05, 3.63) is 0 Å². The lowest BCUT2D eigenvalue weighted by atomic mass is 9.78. The highest BCUT2D eigenvalue weighted by atomic mass is 16.7. The molecule has 6 fully saturated rings. The van der Waals surface area contributed by atoms with Gasteiger partial charge in [0, 0.05) is 44.8 Å². The summed E-state index contributed by atoms with van der Waals surface area (Å²) in [4.78, 5) is 11.8. The van der Waals surface area contributed by atoms with Gasteiger partial charge in [-0.1, -0.05) is 41.5 Å². The van der Waals surface area contributed by atoms with E-state index in [1.54, 1.807) is 21.1 Å². The predicted molar refractivity (Wildman–Crippen MR) is 194 cm³/mol. The molecule has 6 saturated heterocycles. The van der Waals surface area contributed by atoms with Gasteiger partial charge in [0.1, 0.15) is 0 Å². The normalized spacial score (nSPS) is 53.4. The van der Waals surface area contributed by atoms with Crippen LogP contribution in [0.3, 0.4) is 0 Å². The van der Waals surface area contributed by atoms with Crippen LogP contribution in [0.2, 0.25) is 0 Å². The zero-order valence-electron chi connectivity index (χ0n) is 33.8. The molecule has 11 heteroatoms. The fourth-order valence-corrected chi connectivity index (χ4v) is 11.6. The van der Waals surface area contributed by atoms with Crippen LogP contribution in [0.5, 0.6) is 0 Å². The molecule has 52 heavy (non-hydrogen) atoms. The zero-order chi connectivity index (χ0) is 38.0. The summed E-state index contributed by atoms with van der Waals surface area (Å²) in [5, 5.41) is 20.0. The van der Waals surface area contributed by atoms with Gasteiger partial charge in [0.25, 0.3) is 0 Å². The molecule has 6 heterocycles. The molecule has 6 rings (SSSR count). The smallest absolute Gasteiger partial charge is 0.308 e. The van der Waals surface area contributed by atoms with Gasteiger partial charge in [-0.15, -0.1) is 0 Å². The van der Waals surface area contributed by atoms with E-state index in [1.165, 1.54) is 0 Å². The number of hydrogen-bond donors (Lipinski definition) is 2. The first-order valence-corrected chi connectivity index (χ1v) is 20.4. The van der Waals surface area contributed by atoms with Gasteiger partial charge in [0.15, 0.2) is 11.6 Å². The minimum atomic E-state index is -1.01. The Balaban J connectivity index is 1.13. The second-order valence-corrected chi connectivity index (χ2v) is 18.6. The van der Waals surface area contributed by atoms with Crippen LogP contribution < -0.4 is 0 Å². The van der Waals surface area contributed by atoms with Crippen molar-refractivity contribution in [1.29, 1.82) is 0 Å². The number of carbonyl (C=O) groups is 1. The van der Waals surface area contributed by atoms with Gasteiger partial charge in [-0.05, 0) is 83.5 Å². The maximum atomic E-state index is 11.8. The molecular formula is C41H70O11. The van der Waals surface area contributed by atoms with Crippen LogP contribution in [-0.2, 0) is 42.7 Å². The summed E-state index contributed by atoms with van der Waals surface area (Å²) in [5.74, 6) is -2.31. The zero-order valence-corrected chi connectivity index (χ0v) is 33.8. The molecule has 6 aliphatic heterocycles. The van der Waals surface area contributed by atoms with Gasteiger partial charge in [-0.2, -0.15) is 0 Å². The molecule has 1 unspecified atom stereocenters. The van der Waals surface area contributed by atoms with E-state index in [2.05, 4.69) is 55.4 Å². The summed E-state index contributed by atoms with van der Waals surface area (Å²) in [5.41, 5.74) is -1.05. The van der Waals surface area contributed by atoms with Crippen molar-refractivity contribution in [2.45, 2.75) is 192 Å². The van der Waals surface area contributed by atoms with E-state index < -0.39 is 34.7 Å². The highest BCUT2D eigenvalue weighted by Gasteiger charge is 2.65. The number of carboxylic acid groups (broad SMARTS) is 1. The molecule has 0 aromatic carbocycles. The largest absolute Gasteiger partial charge is 0.481 e. The van der Waals surface area contributed by atoms with Crippen molar-refractivity contribution in [2.75, 3.05) is 20.8 Å². The average Bonchev–Trinajstić information content (AvgIpc) is 3.77. The maximum absolute atomic E-state index is 11.8. The van der Waals surface area contributed by atoms with E-state index in [0.717, 1.165) is 51.4 Å². The predicted octanol–water partition coefficient (Wildman–Crippen LogP) is 6.36. The Hall–Kier alpha value is -0.890. The van der Waals surface area contributed by atoms with Gasteiger partial charge in [-0.3, -0.25) is 4.79 Å². The molecule has 300 valence electrons. The number of aliphatic hydroxyl groups excluding tert-OH is 1. The van der Waals surface area contributed by atoms with E-state index in [1.807, 2.05) is 0 Å². The second kappa shape index (κ2) is 15.2. The Bertz CT molecular complexity index is 1240. The Morgan fingerprint density at radius 2 is 1.58 bits per heavy atom. The number of ether oxygens (including phenoxy) is 8. The Labute approximate surface area is 312 Å². The Kier molecular flexibility index (Phi) is 11.9. The quantitative estimate of drug-likeness (QED) is 0.260. The molecular weight excluding hydrogens is 668 g/mol. The minimum absolute atomic E-state index is 0.00252. The average molecular weight is 739 g/mol. The first kappa shape index (κ1) is 40.8. The molecule has 2 N–H and O–H groups in total. The number of aliphatic hydroxyl groups is 1. The molecule has 0 aromatic heterocycles. The van der Waals surface area contributed by atoms with Gasteiger partial charge in [0.05, 0.1) is 72.6 Å². The molecule has 1 spiro atoms. The summed E-state index contributed by atoms with van der Waals surface area (Å²) in [6, 6.07) is 0. The standard InChI is InChI=1S/C41H70O11/c1-22-12-13-29(47-34(22)27(6)37(43)44)18-30-19-31(45-10)28(7)41(49-30)26(5)20-39(9,52-41)33-14-15-38(8,50-33)36-24(3)17-32(48-36)35-23(2)16-25(4)40(21-42,46-11)51-35/h22-36,42H,12-21H2,1-11H3,(H,43,44)/t22-,23-,24-,25+,26+,27+,28+,29+,30+,31+,32+,33+,34+,35-,36+,38-,39-,40-,41?/m0/s1. The fourth-order valence-electron chi connectivity index (χ4n) is 11.6. The molecule has 0 aromatic rings. The number of carboxylic acids is 1. The third-order valence-corrected chi connectivity index (χ3v) is 14.7. The number of hydrogen-bond acceptors (Lipinski definition) is 10. The van der Waals surface area contributed by atoms with E-state index in [0.29, 0.717) is 6.42 Å². The van der Waals surface area contributed by atoms with E-state index >= 15 is 0 Å². The van der Waals surface area contributed by atoms with Crippen LogP contribution in [0.1, 0.15) is 120 Å². The molecule has 0 radical (unpaired) electrons. The van der Waals surface area contributed by atoms with E-state index in [4.69, 9.17) is 37.9 Å². The van der Waals surface area contributed by atoms with Crippen LogP contribution in [0.15, 0.2) is 0 Å². The second-order valence-electron chi connectivity index (χ2n) is 18.6. The molecule has 6 aliphatic rings. The lowest BCUT2D eigenvalue weighted by Crippen LogP contribution is -2.58. The van der Waals surface area contributed by atoms with Gasteiger partial charge < -0.3 is 48.1 Å². The van der Waals surface area contributed by atoms with E-state index in [-0.39, 0.29) is 90.9 Å². The number of methoxy groups -OCH3 is 2. The lowest BCUT2D eigenvalue weighted by molar-refractivity contribution is -0.353. The van der Waals surface area contributed by atoms with Crippen molar-refractivity contribution in [3.8, 4) is 0 Å². The van der Waals surface area contributed by atoms with Gasteiger partial charge >= 0.3 is 5.97 Å². The van der Waals surface area contributed by atoms with Crippen LogP contribution in [-0.4, -0.2) is 109 Å². The van der Waals surface area contributed by atoms with Crippen molar-refractivity contribution >= 4 is 5.97 Å². The van der Waals surface area contributed by atoms with Gasteiger partial charge in [-0.25, -0.2) is 0 Å². The Morgan fingerprint density at radius 3 is 2.23 bits per heavy atom. The number of rotatable bonds is 10. The summed E-state index contributed by atoms with van der Waals surface area (Å²) in [6.07, 6.45) is 6.44. The SMILES string of the molecule is CO[C@@H]1C[C@@H](C[C@H]2CC[C@H](C)[C@H]([C@@H](C)C(=O)O)O2)OC2(O[C@](C)([C@H]3CC[C@@](C)([C@@H]4O[C@@H]([C@H]5O[C@](CO)(OC)[C@H](C)C[C@@H]5C)C[C@@H]4C)O3)C[C@H]2C)[C@@H]1C. The van der Waals surface area contributed by atoms with Crippen LogP contribution >= 0.6 is 0 Å². The lowest BCUT2D eigenvalue weighted by Gasteiger charge is -2.50. The van der Waals surface area contributed by atoms with Gasteiger partial charge in [0.2, 0.25) is 0 Å². The van der Waals surface area contributed by atoms with Crippen molar-refractivity contribution in [1.82, 2.24) is 0 Å². The molecule has 11 nitrogen and oxygen atoms in total.